The van der Waals surface area contributed by atoms with Gasteiger partial charge in [-0.05, 0) is 44.0 Å². The van der Waals surface area contributed by atoms with Crippen molar-refractivity contribution in [3.63, 3.8) is 0 Å². The quantitative estimate of drug-likeness (QED) is 0.304. The molecular weight excluding hydrogens is 526 g/mol. The van der Waals surface area contributed by atoms with E-state index in [0.717, 1.165) is 54.0 Å². The molecule has 2 N–H and O–H groups in total. The maximum Gasteiger partial charge on any atom is 0.163 e. The molecule has 3 aliphatic heterocycles. The second kappa shape index (κ2) is 10.00. The van der Waals surface area contributed by atoms with Gasteiger partial charge in [-0.3, -0.25) is 10.00 Å². The molecule has 0 saturated carbocycles. The minimum Gasteiger partial charge on any atom is -0.353 e. The summed E-state index contributed by atoms with van der Waals surface area (Å²) in [6.45, 7) is 6.72. The molecule has 3 fully saturated rings. The van der Waals surface area contributed by atoms with Gasteiger partial charge in [-0.15, -0.1) is 0 Å². The van der Waals surface area contributed by atoms with Crippen LogP contribution in [0.15, 0.2) is 61.2 Å². The van der Waals surface area contributed by atoms with Crippen LogP contribution in [0.25, 0.3) is 17.2 Å². The van der Waals surface area contributed by atoms with Gasteiger partial charge >= 0.3 is 0 Å². The van der Waals surface area contributed by atoms with E-state index in [1.165, 1.54) is 12.0 Å². The number of halogens is 1. The Morgan fingerprint density at radius 3 is 2.45 bits per heavy atom. The lowest BCUT2D eigenvalue weighted by Crippen LogP contribution is -2.68. The van der Waals surface area contributed by atoms with Crippen molar-refractivity contribution in [2.24, 2.45) is 0 Å². The summed E-state index contributed by atoms with van der Waals surface area (Å²) in [5.41, 5.74) is 3.93. The highest BCUT2D eigenvalue weighted by atomic mass is 35.5. The fourth-order valence-corrected chi connectivity index (χ4v) is 5.63. The van der Waals surface area contributed by atoms with E-state index in [1.54, 1.807) is 17.1 Å². The van der Waals surface area contributed by atoms with Gasteiger partial charge in [-0.1, -0.05) is 17.7 Å². The molecule has 8 heterocycles. The molecule has 0 amide bonds. The van der Waals surface area contributed by atoms with Crippen LogP contribution in [-0.4, -0.2) is 70.0 Å². The second-order valence-electron chi connectivity index (χ2n) is 10.4. The minimum atomic E-state index is 0.504. The van der Waals surface area contributed by atoms with Crippen molar-refractivity contribution in [1.82, 2.24) is 44.8 Å². The van der Waals surface area contributed by atoms with E-state index in [4.69, 9.17) is 21.6 Å². The molecule has 0 radical (unpaired) electrons. The zero-order valence-electron chi connectivity index (χ0n) is 22.2. The molecule has 202 valence electrons. The van der Waals surface area contributed by atoms with Gasteiger partial charge in [0.05, 0.1) is 17.4 Å². The maximum absolute atomic E-state index is 5.98. The number of nitrogens with zero attached hydrogens (tertiary/aromatic N) is 9. The number of H-pyrrole nitrogens is 1. The van der Waals surface area contributed by atoms with Crippen LogP contribution in [0.3, 0.4) is 0 Å². The smallest absolute Gasteiger partial charge is 0.163 e. The van der Waals surface area contributed by atoms with E-state index in [2.05, 4.69) is 58.6 Å². The molecule has 8 rings (SSSR count). The molecule has 5 aromatic rings. The van der Waals surface area contributed by atoms with E-state index in [1.807, 2.05) is 44.4 Å². The first-order valence-electron chi connectivity index (χ1n) is 13.2. The number of fused-ring (bicyclic) bond motifs is 2. The summed E-state index contributed by atoms with van der Waals surface area (Å²) in [6.07, 6.45) is 8.38. The molecule has 0 aliphatic carbocycles. The Morgan fingerprint density at radius 2 is 1.77 bits per heavy atom. The van der Waals surface area contributed by atoms with Crippen molar-refractivity contribution < 1.29 is 0 Å². The zero-order valence-corrected chi connectivity index (χ0v) is 22.9. The van der Waals surface area contributed by atoms with Crippen molar-refractivity contribution in [3.8, 4) is 17.2 Å². The summed E-state index contributed by atoms with van der Waals surface area (Å²) in [5.74, 6) is 3.80. The van der Waals surface area contributed by atoms with Crippen LogP contribution < -0.4 is 10.2 Å². The Labute approximate surface area is 236 Å². The standard InChI is InChI=1S/C28H28ClN11/c1-17-7-24(34-25-8-18(2)36-37-25)35-28(33-17)20-4-6-26(31-11-20)38-15-22-9-23(16-38)39(22)13-19-3-5-27(30-10-19)40-14-21(29)12-32-40/h3-8,10-12,14,22-23H,9,13,15-16H2,1-2H3,(H2,33,34,35,36,37). The van der Waals surface area contributed by atoms with Crippen molar-refractivity contribution in [1.29, 1.82) is 0 Å². The van der Waals surface area contributed by atoms with Crippen LogP contribution in [0, 0.1) is 13.8 Å². The number of nitrogens with one attached hydrogen (secondary N) is 2. The average Bonchev–Trinajstić information content (AvgIpc) is 3.59. The highest BCUT2D eigenvalue weighted by Crippen LogP contribution is 2.35. The van der Waals surface area contributed by atoms with Crippen LogP contribution >= 0.6 is 11.6 Å². The van der Waals surface area contributed by atoms with Gasteiger partial charge in [-0.25, -0.2) is 24.6 Å². The second-order valence-corrected chi connectivity index (χ2v) is 10.9. The number of aromatic nitrogens is 8. The van der Waals surface area contributed by atoms with Gasteiger partial charge in [-0.2, -0.15) is 10.2 Å². The van der Waals surface area contributed by atoms with Gasteiger partial charge in [0.15, 0.2) is 17.5 Å². The van der Waals surface area contributed by atoms with Gasteiger partial charge < -0.3 is 10.2 Å². The van der Waals surface area contributed by atoms with Crippen LogP contribution in [0.5, 0.6) is 0 Å². The van der Waals surface area contributed by atoms with Gasteiger partial charge in [0.25, 0.3) is 0 Å². The third kappa shape index (κ3) is 4.89. The number of aromatic amines is 1. The lowest BCUT2D eigenvalue weighted by Gasteiger charge is -2.56. The minimum absolute atomic E-state index is 0.504. The summed E-state index contributed by atoms with van der Waals surface area (Å²) in [5, 5.41) is 15.2. The Morgan fingerprint density at radius 1 is 0.950 bits per heavy atom. The SMILES string of the molecule is Cc1cc(Nc2cc(C)[nH]n2)nc(-c2ccc(N3CC4CC(C3)N4Cc3ccc(-n4cc(Cl)cn4)nc3)nc2)n1. The molecule has 12 heteroatoms. The number of hydrogen-bond acceptors (Lipinski definition) is 9. The third-order valence-electron chi connectivity index (χ3n) is 7.45. The topological polar surface area (TPSA) is 117 Å². The Kier molecular flexibility index (Phi) is 6.17. The van der Waals surface area contributed by atoms with E-state index >= 15 is 0 Å². The lowest BCUT2D eigenvalue weighted by molar-refractivity contribution is -0.00875. The van der Waals surface area contributed by atoms with Crippen molar-refractivity contribution in [3.05, 3.63) is 83.2 Å². The first-order valence-corrected chi connectivity index (χ1v) is 13.6. The monoisotopic (exact) mass is 553 g/mol. The molecule has 0 spiro atoms. The lowest BCUT2D eigenvalue weighted by atomic mass is 9.87. The number of aryl methyl sites for hydroxylation is 2. The fraction of sp³-hybridized carbons (Fsp3) is 0.286. The summed E-state index contributed by atoms with van der Waals surface area (Å²) in [4.78, 5) is 23.6. The molecule has 0 aromatic carbocycles. The molecule has 2 atom stereocenters. The highest BCUT2D eigenvalue weighted by molar-refractivity contribution is 6.30. The number of piperidine rings is 1. The number of pyridine rings is 2. The molecular formula is C28H28ClN11. The van der Waals surface area contributed by atoms with Crippen molar-refractivity contribution in [2.45, 2.75) is 38.9 Å². The average molecular weight is 554 g/mol. The Bertz CT molecular complexity index is 1630. The predicted molar refractivity (Wildman–Crippen MR) is 153 cm³/mol. The maximum atomic E-state index is 5.98. The largest absolute Gasteiger partial charge is 0.353 e. The van der Waals surface area contributed by atoms with Crippen LogP contribution in [0.2, 0.25) is 5.02 Å². The zero-order chi connectivity index (χ0) is 27.2. The van der Waals surface area contributed by atoms with E-state index in [0.29, 0.717) is 28.7 Å². The molecule has 5 aromatic heterocycles. The van der Waals surface area contributed by atoms with Crippen LogP contribution in [0.4, 0.5) is 17.5 Å². The Hall–Kier alpha value is -4.35. The molecule has 3 aliphatic rings. The van der Waals surface area contributed by atoms with Gasteiger partial charge in [0, 0.05) is 73.2 Å². The summed E-state index contributed by atoms with van der Waals surface area (Å²) >= 11 is 5.98. The fourth-order valence-electron chi connectivity index (χ4n) is 5.50. The number of rotatable bonds is 7. The summed E-state index contributed by atoms with van der Waals surface area (Å²) in [7, 11) is 0. The van der Waals surface area contributed by atoms with Crippen LogP contribution in [-0.2, 0) is 6.54 Å². The number of piperazine rings is 1. The van der Waals surface area contributed by atoms with Crippen molar-refractivity contribution in [2.75, 3.05) is 23.3 Å². The summed E-state index contributed by atoms with van der Waals surface area (Å²) < 4.78 is 1.68. The van der Waals surface area contributed by atoms with Gasteiger partial charge in [0.2, 0.25) is 0 Å². The van der Waals surface area contributed by atoms with Crippen molar-refractivity contribution >= 4 is 29.1 Å². The third-order valence-corrected chi connectivity index (χ3v) is 7.65. The molecule has 3 saturated heterocycles. The molecule has 2 unspecified atom stereocenters. The first-order chi connectivity index (χ1) is 19.5. The first kappa shape index (κ1) is 24.7. The molecule has 2 bridgehead atoms. The Balaban J connectivity index is 0.991. The predicted octanol–water partition coefficient (Wildman–Crippen LogP) is 4.32. The number of anilines is 3. The normalized spacial score (nSPS) is 18.5. The number of hydrogen-bond donors (Lipinski definition) is 2. The molecule has 40 heavy (non-hydrogen) atoms. The van der Waals surface area contributed by atoms with Gasteiger partial charge in [0.1, 0.15) is 11.6 Å². The van der Waals surface area contributed by atoms with Crippen LogP contribution in [0.1, 0.15) is 23.4 Å². The highest BCUT2D eigenvalue weighted by Gasteiger charge is 2.44. The van der Waals surface area contributed by atoms with E-state index in [-0.39, 0.29) is 0 Å². The summed E-state index contributed by atoms with van der Waals surface area (Å²) in [6, 6.07) is 13.1. The molecule has 11 nitrogen and oxygen atoms in total. The van der Waals surface area contributed by atoms with E-state index < -0.39 is 0 Å². The van der Waals surface area contributed by atoms with E-state index in [9.17, 15) is 0 Å².